The first-order chi connectivity index (χ1) is 14.3. The van der Waals surface area contributed by atoms with E-state index in [4.69, 9.17) is 0 Å². The van der Waals surface area contributed by atoms with Crippen molar-refractivity contribution in [3.05, 3.63) is 12.0 Å². The van der Waals surface area contributed by atoms with Crippen molar-refractivity contribution in [2.75, 3.05) is 13.1 Å². The zero-order chi connectivity index (χ0) is 21.0. The molecule has 0 aromatic carbocycles. The Morgan fingerprint density at radius 1 is 1.03 bits per heavy atom. The van der Waals surface area contributed by atoms with Crippen molar-refractivity contribution >= 4 is 15.9 Å². The third-order valence-electron chi connectivity index (χ3n) is 8.44. The average Bonchev–Trinajstić information content (AvgIpc) is 3.18. The number of imidazole rings is 1. The highest BCUT2D eigenvalue weighted by Crippen LogP contribution is 2.53. The fraction of sp³-hybridized carbons (Fsp3) is 0.818. The van der Waals surface area contributed by atoms with Crippen molar-refractivity contribution < 1.29 is 13.2 Å². The highest BCUT2D eigenvalue weighted by atomic mass is 32.2. The fourth-order valence-electron chi connectivity index (χ4n) is 6.68. The van der Waals surface area contributed by atoms with Gasteiger partial charge in [0.2, 0.25) is 5.91 Å². The second-order valence-corrected chi connectivity index (χ2v) is 12.1. The molecule has 166 valence electrons. The minimum atomic E-state index is -3.59. The summed E-state index contributed by atoms with van der Waals surface area (Å²) in [5.74, 6) is 4.07. The zero-order valence-corrected chi connectivity index (χ0v) is 18.9. The molecule has 7 nitrogen and oxygen atoms in total. The van der Waals surface area contributed by atoms with Gasteiger partial charge in [0.1, 0.15) is 5.82 Å². The summed E-state index contributed by atoms with van der Waals surface area (Å²) in [6.07, 6.45) is 10.6. The Balaban J connectivity index is 1.18. The number of rotatable bonds is 4. The van der Waals surface area contributed by atoms with E-state index in [1.165, 1.54) is 36.4 Å². The molecule has 3 bridgehead atoms. The quantitative estimate of drug-likeness (QED) is 0.789. The van der Waals surface area contributed by atoms with Crippen molar-refractivity contribution in [2.45, 2.75) is 69.4 Å². The number of hydrogen-bond donors (Lipinski definition) is 1. The summed E-state index contributed by atoms with van der Waals surface area (Å²) in [5, 5.41) is 3.50. The van der Waals surface area contributed by atoms with Crippen LogP contribution in [0.5, 0.6) is 0 Å². The fourth-order valence-corrected chi connectivity index (χ4v) is 8.17. The van der Waals surface area contributed by atoms with Crippen LogP contribution in [0, 0.1) is 36.5 Å². The van der Waals surface area contributed by atoms with Crippen molar-refractivity contribution in [2.24, 2.45) is 36.6 Å². The van der Waals surface area contributed by atoms with Gasteiger partial charge in [-0.15, -0.1) is 0 Å². The van der Waals surface area contributed by atoms with E-state index < -0.39 is 10.0 Å². The first-order valence-corrected chi connectivity index (χ1v) is 13.1. The number of amides is 1. The van der Waals surface area contributed by atoms with Crippen molar-refractivity contribution in [3.63, 3.8) is 0 Å². The molecule has 1 amide bonds. The summed E-state index contributed by atoms with van der Waals surface area (Å²) in [6.45, 7) is 2.56. The van der Waals surface area contributed by atoms with Crippen molar-refractivity contribution in [3.8, 4) is 0 Å². The lowest BCUT2D eigenvalue weighted by Crippen LogP contribution is -2.47. The molecule has 5 rings (SSSR count). The minimum absolute atomic E-state index is 0.0842. The molecule has 0 radical (unpaired) electrons. The molecule has 1 N–H and O–H groups in total. The van der Waals surface area contributed by atoms with Crippen LogP contribution in [0.15, 0.2) is 11.2 Å². The van der Waals surface area contributed by atoms with Crippen molar-refractivity contribution in [1.82, 2.24) is 19.2 Å². The number of nitrogens with one attached hydrogen (secondary N) is 1. The predicted molar refractivity (Wildman–Crippen MR) is 113 cm³/mol. The largest absolute Gasteiger partial charge is 0.353 e. The van der Waals surface area contributed by atoms with Crippen LogP contribution in [0.3, 0.4) is 0 Å². The maximum Gasteiger partial charge on any atom is 0.262 e. The molecule has 30 heavy (non-hydrogen) atoms. The van der Waals surface area contributed by atoms with Crippen LogP contribution in [0.2, 0.25) is 0 Å². The molecular formula is C22H34N4O3S. The lowest BCUT2D eigenvalue weighted by atomic mass is 9.77. The van der Waals surface area contributed by atoms with E-state index >= 15 is 0 Å². The standard InChI is InChI=1S/C22H34N4O3S/c1-14-23-21(13-25(14)2)30(28,29)26-7-5-16(6-8-26)22(27)24-20-4-3-17-9-15-10-18(17)12-19(20)11-15/h13,15-20H,3-12H2,1-2H3,(H,24,27). The number of aryl methyl sites for hydroxylation is 2. The number of piperidine rings is 1. The minimum Gasteiger partial charge on any atom is -0.353 e. The molecule has 1 aromatic heterocycles. The molecule has 3 aliphatic carbocycles. The van der Waals surface area contributed by atoms with Crippen LogP contribution in [0.25, 0.3) is 0 Å². The molecule has 1 aromatic rings. The highest BCUT2D eigenvalue weighted by Gasteiger charge is 2.46. The van der Waals surface area contributed by atoms with E-state index in [-0.39, 0.29) is 16.9 Å². The van der Waals surface area contributed by atoms with Crippen molar-refractivity contribution in [1.29, 1.82) is 0 Å². The summed E-state index contributed by atoms with van der Waals surface area (Å²) in [5.41, 5.74) is 0. The van der Waals surface area contributed by atoms with E-state index in [0.717, 1.165) is 24.2 Å². The summed E-state index contributed by atoms with van der Waals surface area (Å²) < 4.78 is 29.0. The Hall–Kier alpha value is -1.41. The van der Waals surface area contributed by atoms with Gasteiger partial charge in [-0.1, -0.05) is 0 Å². The summed E-state index contributed by atoms with van der Waals surface area (Å²) in [6, 6.07) is 0.325. The molecule has 4 fully saturated rings. The summed E-state index contributed by atoms with van der Waals surface area (Å²) in [4.78, 5) is 17.2. The van der Waals surface area contributed by atoms with Crippen LogP contribution >= 0.6 is 0 Å². The SMILES string of the molecule is Cc1nc(S(=O)(=O)N2CCC(C(=O)NC3CCC4CC5CC4CC3C5)CC2)cn1C. The molecule has 8 heteroatoms. The third-order valence-corrected chi connectivity index (χ3v) is 10.2. The number of sulfonamides is 1. The lowest BCUT2D eigenvalue weighted by molar-refractivity contribution is -0.127. The van der Waals surface area contributed by atoms with Gasteiger partial charge >= 0.3 is 0 Å². The molecular weight excluding hydrogens is 400 g/mol. The Labute approximate surface area is 179 Å². The Morgan fingerprint density at radius 3 is 2.43 bits per heavy atom. The topological polar surface area (TPSA) is 84.3 Å². The van der Waals surface area contributed by atoms with Crippen LogP contribution in [-0.4, -0.2) is 47.3 Å². The molecule has 4 aliphatic rings. The van der Waals surface area contributed by atoms with Gasteiger partial charge in [-0.25, -0.2) is 13.4 Å². The average molecular weight is 435 g/mol. The molecule has 2 heterocycles. The Bertz CT molecular complexity index is 899. The highest BCUT2D eigenvalue weighted by molar-refractivity contribution is 7.89. The summed E-state index contributed by atoms with van der Waals surface area (Å²) >= 11 is 0. The summed E-state index contributed by atoms with van der Waals surface area (Å²) in [7, 11) is -1.79. The second-order valence-electron chi connectivity index (χ2n) is 10.2. The van der Waals surface area contributed by atoms with Gasteiger partial charge in [0.15, 0.2) is 5.03 Å². The van der Waals surface area contributed by atoms with Gasteiger partial charge in [-0.2, -0.15) is 4.31 Å². The maximum atomic E-state index is 13.0. The monoisotopic (exact) mass is 434 g/mol. The maximum absolute atomic E-state index is 13.0. The zero-order valence-electron chi connectivity index (χ0n) is 18.1. The number of fused-ring (bicyclic) bond motifs is 2. The van der Waals surface area contributed by atoms with Gasteiger partial charge < -0.3 is 9.88 Å². The lowest BCUT2D eigenvalue weighted by Gasteiger charge is -2.35. The molecule has 1 aliphatic heterocycles. The number of aromatic nitrogens is 2. The van der Waals surface area contributed by atoms with Gasteiger partial charge in [0.05, 0.1) is 0 Å². The first kappa shape index (κ1) is 20.5. The Morgan fingerprint density at radius 2 is 1.73 bits per heavy atom. The molecule has 5 unspecified atom stereocenters. The number of hydrogen-bond acceptors (Lipinski definition) is 4. The van der Waals surface area contributed by atoms with E-state index in [2.05, 4.69) is 10.3 Å². The van der Waals surface area contributed by atoms with Gasteiger partial charge in [0.25, 0.3) is 10.0 Å². The third kappa shape index (κ3) is 3.60. The van der Waals surface area contributed by atoms with Gasteiger partial charge in [-0.05, 0) is 82.0 Å². The van der Waals surface area contributed by atoms with E-state index in [1.807, 2.05) is 0 Å². The smallest absolute Gasteiger partial charge is 0.262 e. The van der Waals surface area contributed by atoms with Crippen LogP contribution in [-0.2, 0) is 21.9 Å². The van der Waals surface area contributed by atoms with E-state index in [9.17, 15) is 13.2 Å². The normalized spacial score (nSPS) is 34.8. The number of carbonyl (C=O) groups is 1. The Kier molecular flexibility index (Phi) is 5.21. The molecule has 5 atom stereocenters. The van der Waals surface area contributed by atoms with Crippen LogP contribution in [0.4, 0.5) is 0 Å². The van der Waals surface area contributed by atoms with Crippen LogP contribution < -0.4 is 5.32 Å². The second kappa shape index (κ2) is 7.62. The molecule has 0 spiro atoms. The molecule has 3 saturated carbocycles. The number of carbonyl (C=O) groups excluding carboxylic acids is 1. The van der Waals surface area contributed by atoms with Gasteiger partial charge in [0, 0.05) is 38.3 Å². The first-order valence-electron chi connectivity index (χ1n) is 11.6. The van der Waals surface area contributed by atoms with Crippen LogP contribution in [0.1, 0.15) is 57.2 Å². The predicted octanol–water partition coefficient (Wildman–Crippen LogP) is 2.46. The number of nitrogens with zero attached hydrogens (tertiary/aromatic N) is 3. The van der Waals surface area contributed by atoms with Gasteiger partial charge in [-0.3, -0.25) is 4.79 Å². The van der Waals surface area contributed by atoms with E-state index in [1.54, 1.807) is 24.7 Å². The molecule has 1 saturated heterocycles. The van der Waals surface area contributed by atoms with E-state index in [0.29, 0.717) is 43.7 Å².